The molecule has 0 amide bonds. The minimum absolute atomic E-state index is 0.152. The fraction of sp³-hybridized carbons (Fsp3) is 0.682. The highest BCUT2D eigenvalue weighted by Crippen LogP contribution is 2.30. The summed E-state index contributed by atoms with van der Waals surface area (Å²) < 4.78 is 5.87. The van der Waals surface area contributed by atoms with Crippen molar-refractivity contribution in [3.63, 3.8) is 0 Å². The number of hydrogen-bond acceptors (Lipinski definition) is 6. The molecular weight excluding hydrogens is 350 g/mol. The van der Waals surface area contributed by atoms with E-state index in [1.165, 1.54) is 32.1 Å². The lowest BCUT2D eigenvalue weighted by Crippen LogP contribution is -2.56. The van der Waals surface area contributed by atoms with Crippen LogP contribution in [-0.4, -0.2) is 55.3 Å². The standard InChI is InChI=1S/C22H35N5O/c1-16-13-20(24-11-9-17(2)23)22(25-14-16)27-12-10-19(21(15-27)28-3)26-18-7-5-4-6-8-18/h11,13-14,18-19,21,23,26H,4-10,12,15H2,1-3H3/t19-,21+/m1/s1. The molecule has 3 rings (SSSR count). The summed E-state index contributed by atoms with van der Waals surface area (Å²) in [7, 11) is 1.82. The van der Waals surface area contributed by atoms with Gasteiger partial charge in [0, 0.05) is 56.8 Å². The average molecular weight is 386 g/mol. The van der Waals surface area contributed by atoms with Gasteiger partial charge in [0.1, 0.15) is 5.69 Å². The normalized spacial score (nSPS) is 24.0. The third-order valence-corrected chi connectivity index (χ3v) is 5.83. The van der Waals surface area contributed by atoms with Crippen LogP contribution in [0.3, 0.4) is 0 Å². The highest BCUT2D eigenvalue weighted by atomic mass is 16.5. The molecular formula is C22H35N5O. The average Bonchev–Trinajstić information content (AvgIpc) is 2.69. The maximum Gasteiger partial charge on any atom is 0.154 e. The van der Waals surface area contributed by atoms with Gasteiger partial charge in [-0.1, -0.05) is 19.3 Å². The number of nitrogens with zero attached hydrogens (tertiary/aromatic N) is 3. The number of aliphatic imine (C=N–C) groups is 1. The van der Waals surface area contributed by atoms with E-state index < -0.39 is 0 Å². The predicted octanol–water partition coefficient (Wildman–Crippen LogP) is 4.04. The SMILES string of the molecule is CO[C@H]1CN(c2ncc(C)cc2N=CCC(C)=N)CC[C@H]1NC1CCCCC1. The second-order valence-corrected chi connectivity index (χ2v) is 8.27. The molecule has 2 atom stereocenters. The van der Waals surface area contributed by atoms with Gasteiger partial charge in [-0.3, -0.25) is 4.99 Å². The molecule has 2 heterocycles. The number of hydrogen-bond donors (Lipinski definition) is 2. The lowest BCUT2D eigenvalue weighted by Gasteiger charge is -2.41. The number of pyridine rings is 1. The van der Waals surface area contributed by atoms with E-state index in [0.29, 0.717) is 24.2 Å². The second kappa shape index (κ2) is 10.1. The van der Waals surface area contributed by atoms with E-state index in [2.05, 4.69) is 21.3 Å². The van der Waals surface area contributed by atoms with Crippen LogP contribution >= 0.6 is 0 Å². The number of piperidine rings is 1. The minimum atomic E-state index is 0.152. The summed E-state index contributed by atoms with van der Waals surface area (Å²) in [6.07, 6.45) is 12.1. The van der Waals surface area contributed by atoms with Gasteiger partial charge in [-0.05, 0) is 44.7 Å². The third kappa shape index (κ3) is 5.61. The van der Waals surface area contributed by atoms with Crippen molar-refractivity contribution in [2.75, 3.05) is 25.1 Å². The molecule has 0 radical (unpaired) electrons. The maximum atomic E-state index is 7.59. The van der Waals surface area contributed by atoms with Crippen molar-refractivity contribution in [3.05, 3.63) is 17.8 Å². The number of methoxy groups -OCH3 is 1. The lowest BCUT2D eigenvalue weighted by atomic mass is 9.92. The molecule has 154 valence electrons. The van der Waals surface area contributed by atoms with Crippen molar-refractivity contribution < 1.29 is 4.74 Å². The van der Waals surface area contributed by atoms with Crippen molar-refractivity contribution >= 4 is 23.4 Å². The van der Waals surface area contributed by atoms with Crippen LogP contribution in [-0.2, 0) is 4.74 Å². The van der Waals surface area contributed by atoms with Crippen LogP contribution in [0.4, 0.5) is 11.5 Å². The molecule has 1 aromatic rings. The number of anilines is 1. The fourth-order valence-corrected chi connectivity index (χ4v) is 4.28. The molecule has 1 saturated carbocycles. The highest BCUT2D eigenvalue weighted by Gasteiger charge is 2.32. The molecule has 1 saturated heterocycles. The van der Waals surface area contributed by atoms with E-state index in [0.717, 1.165) is 36.6 Å². The summed E-state index contributed by atoms with van der Waals surface area (Å²) in [5.74, 6) is 0.919. The Morgan fingerprint density at radius 1 is 1.36 bits per heavy atom. The smallest absolute Gasteiger partial charge is 0.154 e. The number of rotatable bonds is 7. The van der Waals surface area contributed by atoms with Crippen LogP contribution < -0.4 is 10.2 Å². The predicted molar refractivity (Wildman–Crippen MR) is 117 cm³/mol. The molecule has 1 aromatic heterocycles. The molecule has 28 heavy (non-hydrogen) atoms. The monoisotopic (exact) mass is 385 g/mol. The summed E-state index contributed by atoms with van der Waals surface area (Å²) in [6, 6.07) is 3.12. The van der Waals surface area contributed by atoms with Gasteiger partial charge in [0.2, 0.25) is 0 Å². The molecule has 6 nitrogen and oxygen atoms in total. The molecule has 2 aliphatic rings. The van der Waals surface area contributed by atoms with Gasteiger partial charge in [-0.25, -0.2) is 4.98 Å². The Bertz CT molecular complexity index is 684. The van der Waals surface area contributed by atoms with Crippen LogP contribution in [0, 0.1) is 12.3 Å². The molecule has 2 N–H and O–H groups in total. The summed E-state index contributed by atoms with van der Waals surface area (Å²) in [5, 5.41) is 11.5. The van der Waals surface area contributed by atoms with Crippen LogP contribution in [0.15, 0.2) is 17.3 Å². The molecule has 1 aliphatic heterocycles. The number of ether oxygens (including phenoxy) is 1. The fourth-order valence-electron chi connectivity index (χ4n) is 4.28. The first kappa shape index (κ1) is 20.9. The third-order valence-electron chi connectivity index (χ3n) is 5.83. The lowest BCUT2D eigenvalue weighted by molar-refractivity contribution is 0.0534. The summed E-state index contributed by atoms with van der Waals surface area (Å²) >= 11 is 0. The zero-order valence-corrected chi connectivity index (χ0v) is 17.6. The van der Waals surface area contributed by atoms with Gasteiger partial charge in [-0.2, -0.15) is 0 Å². The first-order valence-corrected chi connectivity index (χ1v) is 10.6. The van der Waals surface area contributed by atoms with Crippen molar-refractivity contribution in [3.8, 4) is 0 Å². The van der Waals surface area contributed by atoms with E-state index in [9.17, 15) is 0 Å². The molecule has 1 aliphatic carbocycles. The Morgan fingerprint density at radius 2 is 2.14 bits per heavy atom. The van der Waals surface area contributed by atoms with Gasteiger partial charge < -0.3 is 20.4 Å². The van der Waals surface area contributed by atoms with Crippen LogP contribution in [0.25, 0.3) is 0 Å². The topological polar surface area (TPSA) is 73.6 Å². The Balaban J connectivity index is 1.69. The van der Waals surface area contributed by atoms with E-state index in [1.807, 2.05) is 26.4 Å². The largest absolute Gasteiger partial charge is 0.378 e. The first-order chi connectivity index (χ1) is 13.6. The summed E-state index contributed by atoms with van der Waals surface area (Å²) in [6.45, 7) is 5.61. The van der Waals surface area contributed by atoms with Gasteiger partial charge in [-0.15, -0.1) is 0 Å². The molecule has 0 bridgehead atoms. The van der Waals surface area contributed by atoms with Crippen molar-refractivity contribution in [1.29, 1.82) is 5.41 Å². The minimum Gasteiger partial charge on any atom is -0.378 e. The second-order valence-electron chi connectivity index (χ2n) is 8.27. The molecule has 2 fully saturated rings. The van der Waals surface area contributed by atoms with Crippen molar-refractivity contribution in [1.82, 2.24) is 10.3 Å². The van der Waals surface area contributed by atoms with Crippen molar-refractivity contribution in [2.45, 2.75) is 77.0 Å². The van der Waals surface area contributed by atoms with E-state index in [-0.39, 0.29) is 6.10 Å². The van der Waals surface area contributed by atoms with Crippen LogP contribution in [0.1, 0.15) is 57.4 Å². The number of aromatic nitrogens is 1. The van der Waals surface area contributed by atoms with E-state index >= 15 is 0 Å². The quantitative estimate of drug-likeness (QED) is 0.695. The van der Waals surface area contributed by atoms with Gasteiger partial charge >= 0.3 is 0 Å². The van der Waals surface area contributed by atoms with Crippen molar-refractivity contribution in [2.24, 2.45) is 4.99 Å². The molecule has 0 aromatic carbocycles. The summed E-state index contributed by atoms with van der Waals surface area (Å²) in [4.78, 5) is 11.6. The number of aryl methyl sites for hydroxylation is 1. The summed E-state index contributed by atoms with van der Waals surface area (Å²) in [5.41, 5.74) is 2.59. The number of nitrogens with one attached hydrogen (secondary N) is 2. The first-order valence-electron chi connectivity index (χ1n) is 10.6. The Hall–Kier alpha value is -1.79. The highest BCUT2D eigenvalue weighted by molar-refractivity contribution is 5.92. The van der Waals surface area contributed by atoms with E-state index in [1.54, 1.807) is 6.92 Å². The molecule has 6 heteroatoms. The Kier molecular flexibility index (Phi) is 7.57. The molecule has 0 unspecified atom stereocenters. The Labute approximate surface area is 169 Å². The van der Waals surface area contributed by atoms with Gasteiger partial charge in [0.15, 0.2) is 5.82 Å². The van der Waals surface area contributed by atoms with Gasteiger partial charge in [0.05, 0.1) is 6.10 Å². The van der Waals surface area contributed by atoms with E-state index in [4.69, 9.17) is 15.1 Å². The van der Waals surface area contributed by atoms with Crippen LogP contribution in [0.5, 0.6) is 0 Å². The Morgan fingerprint density at radius 3 is 2.86 bits per heavy atom. The van der Waals surface area contributed by atoms with Gasteiger partial charge in [0.25, 0.3) is 0 Å². The zero-order valence-electron chi connectivity index (χ0n) is 17.6. The maximum absolute atomic E-state index is 7.59. The zero-order chi connectivity index (χ0) is 19.9. The van der Waals surface area contributed by atoms with Crippen LogP contribution in [0.2, 0.25) is 0 Å². The molecule has 0 spiro atoms.